The van der Waals surface area contributed by atoms with Gasteiger partial charge in [-0.25, -0.2) is 0 Å². The number of fused-ring (bicyclic) bond motifs is 2. The Hall–Kier alpha value is -1.26. The fourth-order valence-electron chi connectivity index (χ4n) is 3.64. The zero-order chi connectivity index (χ0) is 14.1. The largest absolute Gasteiger partial charge is 0.504 e. The molecule has 1 aromatic rings. The zero-order valence-electron chi connectivity index (χ0n) is 12.3. The number of hydrogen-bond acceptors (Lipinski definition) is 4. The van der Waals surface area contributed by atoms with Crippen LogP contribution in [-0.4, -0.2) is 42.3 Å². The molecular weight excluding hydrogens is 252 g/mol. The summed E-state index contributed by atoms with van der Waals surface area (Å²) in [5.74, 6) is 0.833. The smallest absolute Gasteiger partial charge is 0.162 e. The Bertz CT molecular complexity index is 466. The van der Waals surface area contributed by atoms with Gasteiger partial charge < -0.3 is 15.2 Å². The van der Waals surface area contributed by atoms with Crippen molar-refractivity contribution in [2.45, 2.75) is 50.4 Å². The van der Waals surface area contributed by atoms with Crippen molar-refractivity contribution in [2.75, 3.05) is 14.2 Å². The van der Waals surface area contributed by atoms with Gasteiger partial charge in [0, 0.05) is 30.2 Å². The molecule has 2 atom stereocenters. The lowest BCUT2D eigenvalue weighted by Crippen LogP contribution is -2.46. The number of hydrogen-bond donors (Lipinski definition) is 2. The monoisotopic (exact) mass is 276 g/mol. The molecule has 110 valence electrons. The van der Waals surface area contributed by atoms with Crippen molar-refractivity contribution in [3.63, 3.8) is 0 Å². The van der Waals surface area contributed by atoms with Gasteiger partial charge in [0.05, 0.1) is 7.11 Å². The molecule has 3 rings (SSSR count). The summed E-state index contributed by atoms with van der Waals surface area (Å²) in [6.07, 6.45) is 5.08. The van der Waals surface area contributed by atoms with E-state index >= 15 is 0 Å². The number of nitrogens with zero attached hydrogens (tertiary/aromatic N) is 1. The number of piperidine rings is 1. The molecule has 2 fully saturated rings. The lowest BCUT2D eigenvalue weighted by molar-refractivity contribution is 0.164. The van der Waals surface area contributed by atoms with E-state index in [2.05, 4.69) is 17.3 Å². The molecular formula is C16H24N2O2. The van der Waals surface area contributed by atoms with Gasteiger partial charge in [0.1, 0.15) is 0 Å². The van der Waals surface area contributed by atoms with Gasteiger partial charge in [0.25, 0.3) is 0 Å². The van der Waals surface area contributed by atoms with Crippen LogP contribution in [0.5, 0.6) is 11.5 Å². The summed E-state index contributed by atoms with van der Waals surface area (Å²) in [5, 5.41) is 13.9. The quantitative estimate of drug-likeness (QED) is 0.884. The van der Waals surface area contributed by atoms with Crippen LogP contribution in [0.4, 0.5) is 0 Å². The van der Waals surface area contributed by atoms with Crippen molar-refractivity contribution >= 4 is 0 Å². The number of phenols is 1. The van der Waals surface area contributed by atoms with Crippen LogP contribution in [0.3, 0.4) is 0 Å². The van der Waals surface area contributed by atoms with Crippen LogP contribution in [0.2, 0.25) is 0 Å². The maximum Gasteiger partial charge on any atom is 0.162 e. The maximum absolute atomic E-state index is 10.2. The molecule has 2 heterocycles. The first-order valence-corrected chi connectivity index (χ1v) is 7.48. The Kier molecular flexibility index (Phi) is 3.85. The predicted octanol–water partition coefficient (Wildman–Crippen LogP) is 2.12. The van der Waals surface area contributed by atoms with E-state index < -0.39 is 0 Å². The van der Waals surface area contributed by atoms with Gasteiger partial charge in [0.15, 0.2) is 11.5 Å². The van der Waals surface area contributed by atoms with Crippen LogP contribution < -0.4 is 10.1 Å². The van der Waals surface area contributed by atoms with E-state index in [1.165, 1.54) is 25.7 Å². The molecule has 4 heteroatoms. The second-order valence-corrected chi connectivity index (χ2v) is 6.15. The molecule has 20 heavy (non-hydrogen) atoms. The Morgan fingerprint density at radius 1 is 1.30 bits per heavy atom. The molecule has 0 aliphatic carbocycles. The number of nitrogens with one attached hydrogen (secondary N) is 1. The van der Waals surface area contributed by atoms with Crippen molar-refractivity contribution in [1.29, 1.82) is 0 Å². The minimum atomic E-state index is 0.277. The number of rotatable bonds is 4. The normalized spacial score (nSPS) is 28.9. The Morgan fingerprint density at radius 3 is 2.65 bits per heavy atom. The number of methoxy groups -OCH3 is 1. The summed E-state index contributed by atoms with van der Waals surface area (Å²) in [4.78, 5) is 2.38. The Balaban J connectivity index is 1.68. The van der Waals surface area contributed by atoms with E-state index in [1.54, 1.807) is 13.2 Å². The minimum absolute atomic E-state index is 0.277. The van der Waals surface area contributed by atoms with Gasteiger partial charge in [-0.2, -0.15) is 0 Å². The molecule has 0 saturated carbocycles. The molecule has 2 aliphatic rings. The van der Waals surface area contributed by atoms with E-state index in [-0.39, 0.29) is 5.75 Å². The summed E-state index contributed by atoms with van der Waals surface area (Å²) in [7, 11) is 3.75. The maximum atomic E-state index is 10.2. The van der Waals surface area contributed by atoms with Crippen molar-refractivity contribution < 1.29 is 9.84 Å². The highest BCUT2D eigenvalue weighted by Crippen LogP contribution is 2.33. The number of benzene rings is 1. The standard InChI is InChI=1S/C16H24N2O2/c1-18(14-8-12-6-7-13(9-14)17-12)10-11-4-3-5-15(20-2)16(11)19/h3-5,12-14,17,19H,6-10H2,1-2H3. The van der Waals surface area contributed by atoms with Crippen LogP contribution in [0, 0.1) is 0 Å². The second kappa shape index (κ2) is 5.62. The highest BCUT2D eigenvalue weighted by Gasteiger charge is 2.35. The summed E-state index contributed by atoms with van der Waals surface area (Å²) >= 11 is 0. The molecule has 1 aromatic carbocycles. The Labute approximate surface area is 120 Å². The summed E-state index contributed by atoms with van der Waals surface area (Å²) in [6, 6.07) is 7.71. The average molecular weight is 276 g/mol. The lowest BCUT2D eigenvalue weighted by Gasteiger charge is -2.35. The highest BCUT2D eigenvalue weighted by molar-refractivity contribution is 5.45. The van der Waals surface area contributed by atoms with Gasteiger partial charge in [-0.3, -0.25) is 4.90 Å². The predicted molar refractivity (Wildman–Crippen MR) is 79.1 cm³/mol. The SMILES string of the molecule is COc1cccc(CN(C)C2CC3CCC(C2)N3)c1O. The van der Waals surface area contributed by atoms with Gasteiger partial charge >= 0.3 is 0 Å². The second-order valence-electron chi connectivity index (χ2n) is 6.15. The minimum Gasteiger partial charge on any atom is -0.504 e. The van der Waals surface area contributed by atoms with Crippen molar-refractivity contribution in [2.24, 2.45) is 0 Å². The number of phenolic OH excluding ortho intramolecular Hbond substituents is 1. The third-order valence-electron chi connectivity index (χ3n) is 4.79. The summed E-state index contributed by atoms with van der Waals surface area (Å²) < 4.78 is 5.18. The summed E-state index contributed by atoms with van der Waals surface area (Å²) in [6.45, 7) is 0.771. The van der Waals surface area contributed by atoms with Crippen LogP contribution in [0.1, 0.15) is 31.2 Å². The third-order valence-corrected chi connectivity index (χ3v) is 4.79. The van der Waals surface area contributed by atoms with Gasteiger partial charge in [-0.1, -0.05) is 12.1 Å². The molecule has 4 nitrogen and oxygen atoms in total. The lowest BCUT2D eigenvalue weighted by atomic mass is 9.98. The molecule has 0 aromatic heterocycles. The number of para-hydroxylation sites is 1. The third kappa shape index (κ3) is 2.63. The molecule has 0 radical (unpaired) electrons. The number of aromatic hydroxyl groups is 1. The first-order valence-electron chi connectivity index (χ1n) is 7.48. The first-order chi connectivity index (χ1) is 9.67. The molecule has 0 amide bonds. The Morgan fingerprint density at radius 2 is 2.00 bits per heavy atom. The van der Waals surface area contributed by atoms with E-state index in [9.17, 15) is 5.11 Å². The van der Waals surface area contributed by atoms with E-state index in [0.29, 0.717) is 23.9 Å². The van der Waals surface area contributed by atoms with Crippen molar-refractivity contribution in [3.05, 3.63) is 23.8 Å². The van der Waals surface area contributed by atoms with Crippen LogP contribution in [0.25, 0.3) is 0 Å². The van der Waals surface area contributed by atoms with Crippen LogP contribution in [-0.2, 0) is 6.54 Å². The molecule has 2 aliphatic heterocycles. The zero-order valence-corrected chi connectivity index (χ0v) is 12.3. The van der Waals surface area contributed by atoms with Crippen molar-refractivity contribution in [3.8, 4) is 11.5 Å². The molecule has 0 spiro atoms. The van der Waals surface area contributed by atoms with E-state index in [4.69, 9.17) is 4.74 Å². The van der Waals surface area contributed by atoms with Gasteiger partial charge in [-0.15, -0.1) is 0 Å². The molecule has 2 N–H and O–H groups in total. The molecule has 2 unspecified atom stereocenters. The van der Waals surface area contributed by atoms with Crippen LogP contribution in [0.15, 0.2) is 18.2 Å². The fraction of sp³-hybridized carbons (Fsp3) is 0.625. The number of ether oxygens (including phenoxy) is 1. The van der Waals surface area contributed by atoms with E-state index in [0.717, 1.165) is 12.1 Å². The van der Waals surface area contributed by atoms with E-state index in [1.807, 2.05) is 12.1 Å². The van der Waals surface area contributed by atoms with Gasteiger partial charge in [-0.05, 0) is 38.8 Å². The van der Waals surface area contributed by atoms with Crippen molar-refractivity contribution in [1.82, 2.24) is 10.2 Å². The highest BCUT2D eigenvalue weighted by atomic mass is 16.5. The molecule has 2 bridgehead atoms. The van der Waals surface area contributed by atoms with Crippen LogP contribution >= 0.6 is 0 Å². The summed E-state index contributed by atoms with van der Waals surface area (Å²) in [5.41, 5.74) is 0.942. The topological polar surface area (TPSA) is 44.7 Å². The molecule has 2 saturated heterocycles. The van der Waals surface area contributed by atoms with Gasteiger partial charge in [0.2, 0.25) is 0 Å². The average Bonchev–Trinajstić information content (AvgIpc) is 2.79. The first kappa shape index (κ1) is 13.7. The fourth-order valence-corrected chi connectivity index (χ4v) is 3.64.